The molecule has 0 amide bonds. The van der Waals surface area contributed by atoms with E-state index in [1.165, 1.54) is 58.2 Å². The Morgan fingerprint density at radius 2 is 2.14 bits per heavy atom. The van der Waals surface area contributed by atoms with Gasteiger partial charge < -0.3 is 5.32 Å². The Hall–Kier alpha value is -0.0800. The van der Waals surface area contributed by atoms with E-state index in [2.05, 4.69) is 17.1 Å². The van der Waals surface area contributed by atoms with Crippen molar-refractivity contribution in [3.63, 3.8) is 0 Å². The molecule has 0 saturated carbocycles. The van der Waals surface area contributed by atoms with Crippen molar-refractivity contribution in [2.75, 3.05) is 19.6 Å². The van der Waals surface area contributed by atoms with Crippen molar-refractivity contribution in [1.82, 2.24) is 10.2 Å². The highest BCUT2D eigenvalue weighted by atomic mass is 15.2. The summed E-state index contributed by atoms with van der Waals surface area (Å²) < 4.78 is 0. The molecule has 2 rings (SSSR count). The first-order valence-corrected chi connectivity index (χ1v) is 6.37. The maximum atomic E-state index is 3.61. The molecule has 0 aromatic rings. The van der Waals surface area contributed by atoms with Gasteiger partial charge in [-0.3, -0.25) is 4.90 Å². The second-order valence-electron chi connectivity index (χ2n) is 4.85. The second kappa shape index (κ2) is 5.13. The quantitative estimate of drug-likeness (QED) is 0.743. The summed E-state index contributed by atoms with van der Waals surface area (Å²) in [5.74, 6) is 0. The van der Waals surface area contributed by atoms with Gasteiger partial charge in [0.15, 0.2) is 0 Å². The summed E-state index contributed by atoms with van der Waals surface area (Å²) in [6, 6.07) is 1.67. The van der Waals surface area contributed by atoms with E-state index in [0.717, 1.165) is 12.1 Å². The topological polar surface area (TPSA) is 15.3 Å². The van der Waals surface area contributed by atoms with E-state index >= 15 is 0 Å². The number of nitrogens with zero attached hydrogens (tertiary/aromatic N) is 1. The summed E-state index contributed by atoms with van der Waals surface area (Å²) in [5, 5.41) is 3.61. The predicted molar refractivity (Wildman–Crippen MR) is 60.5 cm³/mol. The zero-order chi connectivity index (χ0) is 9.80. The molecule has 0 aromatic heterocycles. The molecule has 2 saturated heterocycles. The van der Waals surface area contributed by atoms with E-state index in [0.29, 0.717) is 0 Å². The Labute approximate surface area is 88.1 Å². The molecule has 2 nitrogen and oxygen atoms in total. The lowest BCUT2D eigenvalue weighted by Crippen LogP contribution is -2.45. The van der Waals surface area contributed by atoms with Crippen molar-refractivity contribution in [3.05, 3.63) is 0 Å². The minimum Gasteiger partial charge on any atom is -0.313 e. The van der Waals surface area contributed by atoms with E-state index in [-0.39, 0.29) is 0 Å². The first-order chi connectivity index (χ1) is 6.90. The van der Waals surface area contributed by atoms with E-state index < -0.39 is 0 Å². The van der Waals surface area contributed by atoms with Crippen molar-refractivity contribution in [3.8, 4) is 0 Å². The zero-order valence-corrected chi connectivity index (χ0v) is 9.47. The van der Waals surface area contributed by atoms with Crippen LogP contribution < -0.4 is 5.32 Å². The lowest BCUT2D eigenvalue weighted by atomic mass is 9.99. The molecular formula is C12H24N2. The highest BCUT2D eigenvalue weighted by Crippen LogP contribution is 2.20. The fourth-order valence-electron chi connectivity index (χ4n) is 2.96. The molecule has 0 aromatic carbocycles. The molecule has 0 spiro atoms. The third-order valence-electron chi connectivity index (χ3n) is 3.84. The maximum Gasteiger partial charge on any atom is 0.0195 e. The monoisotopic (exact) mass is 196 g/mol. The third-order valence-corrected chi connectivity index (χ3v) is 3.84. The minimum absolute atomic E-state index is 0.794. The zero-order valence-electron chi connectivity index (χ0n) is 9.47. The van der Waals surface area contributed by atoms with Crippen LogP contribution >= 0.6 is 0 Å². The SMILES string of the molecule is CCC1CCCCN1C[C@@H]1CCCN1. The summed E-state index contributed by atoms with van der Waals surface area (Å²) >= 11 is 0. The molecule has 1 N–H and O–H groups in total. The molecule has 0 radical (unpaired) electrons. The standard InChI is InChI=1S/C12H24N2/c1-2-12-7-3-4-9-14(12)10-11-6-5-8-13-11/h11-13H,2-10H2,1H3/t11-,12?/m0/s1. The molecule has 82 valence electrons. The van der Waals surface area contributed by atoms with Crippen molar-refractivity contribution in [2.24, 2.45) is 0 Å². The molecule has 0 bridgehead atoms. The smallest absolute Gasteiger partial charge is 0.0195 e. The Morgan fingerprint density at radius 3 is 2.86 bits per heavy atom. The van der Waals surface area contributed by atoms with Gasteiger partial charge >= 0.3 is 0 Å². The molecule has 14 heavy (non-hydrogen) atoms. The highest BCUT2D eigenvalue weighted by molar-refractivity contribution is 4.83. The van der Waals surface area contributed by atoms with E-state index in [4.69, 9.17) is 0 Å². The van der Waals surface area contributed by atoms with Gasteiger partial charge in [0.05, 0.1) is 0 Å². The largest absolute Gasteiger partial charge is 0.313 e. The van der Waals surface area contributed by atoms with Gasteiger partial charge in [-0.1, -0.05) is 13.3 Å². The summed E-state index contributed by atoms with van der Waals surface area (Å²) in [4.78, 5) is 2.73. The van der Waals surface area contributed by atoms with Gasteiger partial charge in [-0.15, -0.1) is 0 Å². The Balaban J connectivity index is 1.81. The normalized spacial score (nSPS) is 34.9. The van der Waals surface area contributed by atoms with Crippen LogP contribution in [0.4, 0.5) is 0 Å². The first kappa shape index (κ1) is 10.4. The lowest BCUT2D eigenvalue weighted by molar-refractivity contribution is 0.132. The van der Waals surface area contributed by atoms with Gasteiger partial charge in [0.1, 0.15) is 0 Å². The molecule has 2 atom stereocenters. The minimum atomic E-state index is 0.794. The van der Waals surface area contributed by atoms with Crippen molar-refractivity contribution < 1.29 is 0 Å². The van der Waals surface area contributed by atoms with Crippen LogP contribution in [-0.4, -0.2) is 36.6 Å². The number of hydrogen-bond donors (Lipinski definition) is 1. The molecule has 2 fully saturated rings. The molecule has 2 aliphatic heterocycles. The maximum absolute atomic E-state index is 3.61. The van der Waals surface area contributed by atoms with E-state index in [9.17, 15) is 0 Å². The molecule has 2 heteroatoms. The number of hydrogen-bond acceptors (Lipinski definition) is 2. The Bertz CT molecular complexity index is 164. The van der Waals surface area contributed by atoms with Gasteiger partial charge in [-0.25, -0.2) is 0 Å². The van der Waals surface area contributed by atoms with E-state index in [1.54, 1.807) is 0 Å². The summed E-state index contributed by atoms with van der Waals surface area (Å²) in [6.07, 6.45) is 8.43. The van der Waals surface area contributed by atoms with Crippen LogP contribution in [0.1, 0.15) is 45.4 Å². The Morgan fingerprint density at radius 1 is 1.21 bits per heavy atom. The fraction of sp³-hybridized carbons (Fsp3) is 1.00. The molecule has 2 aliphatic rings. The predicted octanol–water partition coefficient (Wildman–Crippen LogP) is 2.00. The van der Waals surface area contributed by atoms with Gasteiger partial charge in [-0.2, -0.15) is 0 Å². The van der Waals surface area contributed by atoms with Gasteiger partial charge in [0, 0.05) is 18.6 Å². The van der Waals surface area contributed by atoms with Crippen LogP contribution in [0, 0.1) is 0 Å². The first-order valence-electron chi connectivity index (χ1n) is 6.37. The molecule has 2 heterocycles. The number of likely N-dealkylation sites (tertiary alicyclic amines) is 1. The number of piperidine rings is 1. The summed E-state index contributed by atoms with van der Waals surface area (Å²) in [7, 11) is 0. The van der Waals surface area contributed by atoms with Gasteiger partial charge in [0.2, 0.25) is 0 Å². The van der Waals surface area contributed by atoms with Crippen molar-refractivity contribution in [2.45, 2.75) is 57.5 Å². The van der Waals surface area contributed by atoms with Crippen LogP contribution in [0.5, 0.6) is 0 Å². The molecular weight excluding hydrogens is 172 g/mol. The van der Waals surface area contributed by atoms with Crippen LogP contribution in [0.3, 0.4) is 0 Å². The average Bonchev–Trinajstić information content (AvgIpc) is 2.71. The van der Waals surface area contributed by atoms with E-state index in [1.807, 2.05) is 0 Å². The van der Waals surface area contributed by atoms with Gasteiger partial charge in [0.25, 0.3) is 0 Å². The fourth-order valence-corrected chi connectivity index (χ4v) is 2.96. The number of rotatable bonds is 3. The van der Waals surface area contributed by atoms with Gasteiger partial charge in [-0.05, 0) is 45.2 Å². The lowest BCUT2D eigenvalue weighted by Gasteiger charge is -2.36. The third kappa shape index (κ3) is 2.48. The average molecular weight is 196 g/mol. The van der Waals surface area contributed by atoms with Crippen LogP contribution in [0.25, 0.3) is 0 Å². The van der Waals surface area contributed by atoms with Crippen LogP contribution in [0.15, 0.2) is 0 Å². The van der Waals surface area contributed by atoms with Crippen LogP contribution in [-0.2, 0) is 0 Å². The Kier molecular flexibility index (Phi) is 3.82. The number of nitrogens with one attached hydrogen (secondary N) is 1. The summed E-state index contributed by atoms with van der Waals surface area (Å²) in [6.45, 7) is 6.23. The van der Waals surface area contributed by atoms with Crippen molar-refractivity contribution >= 4 is 0 Å². The van der Waals surface area contributed by atoms with Crippen LogP contribution in [0.2, 0.25) is 0 Å². The highest BCUT2D eigenvalue weighted by Gasteiger charge is 2.24. The molecule has 0 aliphatic carbocycles. The van der Waals surface area contributed by atoms with Crippen molar-refractivity contribution in [1.29, 1.82) is 0 Å². The molecule has 1 unspecified atom stereocenters. The summed E-state index contributed by atoms with van der Waals surface area (Å²) in [5.41, 5.74) is 0. The second-order valence-corrected chi connectivity index (χ2v) is 4.85.